The standard InChI is InChI=1S/C17H28/c1-16(2,3)14-10-12-17(4,13-11-14)15-8-6-5-7-9-15/h10-12,15H,5-9,13H2,1-4H3. The first-order valence-electron chi connectivity index (χ1n) is 7.32. The molecule has 0 aromatic rings. The number of hydrogen-bond donors (Lipinski definition) is 0. The summed E-state index contributed by atoms with van der Waals surface area (Å²) in [4.78, 5) is 0. The summed E-state index contributed by atoms with van der Waals surface area (Å²) >= 11 is 0. The van der Waals surface area contributed by atoms with Crippen molar-refractivity contribution in [2.45, 2.75) is 66.2 Å². The van der Waals surface area contributed by atoms with Crippen LogP contribution in [0.2, 0.25) is 0 Å². The minimum atomic E-state index is 0.310. The van der Waals surface area contributed by atoms with Gasteiger partial charge >= 0.3 is 0 Å². The third-order valence-electron chi connectivity index (χ3n) is 4.81. The van der Waals surface area contributed by atoms with Crippen molar-refractivity contribution in [2.75, 3.05) is 0 Å². The molecular formula is C17H28. The van der Waals surface area contributed by atoms with E-state index in [0.29, 0.717) is 10.8 Å². The van der Waals surface area contributed by atoms with Gasteiger partial charge in [0, 0.05) is 0 Å². The number of rotatable bonds is 1. The van der Waals surface area contributed by atoms with E-state index in [-0.39, 0.29) is 0 Å². The fourth-order valence-electron chi connectivity index (χ4n) is 3.37. The first-order chi connectivity index (χ1) is 7.92. The maximum Gasteiger partial charge on any atom is -0.00804 e. The highest BCUT2D eigenvalue weighted by Gasteiger charge is 2.34. The second-order valence-corrected chi connectivity index (χ2v) is 7.29. The van der Waals surface area contributed by atoms with E-state index in [1.807, 2.05) is 0 Å². The molecule has 0 radical (unpaired) electrons. The Balaban J connectivity index is 2.07. The Labute approximate surface area is 107 Å². The van der Waals surface area contributed by atoms with Crippen LogP contribution in [-0.2, 0) is 0 Å². The summed E-state index contributed by atoms with van der Waals surface area (Å²) in [5.74, 6) is 0.922. The molecule has 0 heteroatoms. The molecule has 1 atom stereocenters. The summed E-state index contributed by atoms with van der Waals surface area (Å²) in [6.07, 6.45) is 15.9. The Kier molecular flexibility index (Phi) is 3.52. The monoisotopic (exact) mass is 232 g/mol. The fraction of sp³-hybridized carbons (Fsp3) is 0.765. The van der Waals surface area contributed by atoms with Gasteiger partial charge in [0.1, 0.15) is 0 Å². The molecule has 0 N–H and O–H groups in total. The lowest BCUT2D eigenvalue weighted by molar-refractivity contribution is 0.189. The lowest BCUT2D eigenvalue weighted by atomic mass is 9.65. The van der Waals surface area contributed by atoms with Gasteiger partial charge < -0.3 is 0 Å². The van der Waals surface area contributed by atoms with Crippen LogP contribution in [-0.4, -0.2) is 0 Å². The highest BCUT2D eigenvalue weighted by atomic mass is 14.4. The first kappa shape index (κ1) is 12.9. The highest BCUT2D eigenvalue weighted by Crippen LogP contribution is 2.45. The van der Waals surface area contributed by atoms with Crippen molar-refractivity contribution >= 4 is 0 Å². The van der Waals surface area contributed by atoms with E-state index >= 15 is 0 Å². The van der Waals surface area contributed by atoms with Crippen LogP contribution in [0, 0.1) is 16.7 Å². The molecule has 2 rings (SSSR count). The van der Waals surface area contributed by atoms with Gasteiger partial charge in [0.25, 0.3) is 0 Å². The van der Waals surface area contributed by atoms with Gasteiger partial charge in [-0.1, -0.05) is 65.2 Å². The highest BCUT2D eigenvalue weighted by molar-refractivity contribution is 5.31. The van der Waals surface area contributed by atoms with Crippen LogP contribution >= 0.6 is 0 Å². The zero-order valence-electron chi connectivity index (χ0n) is 12.1. The minimum Gasteiger partial charge on any atom is -0.0799 e. The third-order valence-corrected chi connectivity index (χ3v) is 4.81. The van der Waals surface area contributed by atoms with E-state index in [1.165, 1.54) is 44.1 Å². The van der Waals surface area contributed by atoms with E-state index in [2.05, 4.69) is 45.9 Å². The summed E-state index contributed by atoms with van der Waals surface area (Å²) < 4.78 is 0. The lowest BCUT2D eigenvalue weighted by Crippen LogP contribution is -2.29. The van der Waals surface area contributed by atoms with Gasteiger partial charge in [-0.15, -0.1) is 0 Å². The van der Waals surface area contributed by atoms with Crippen LogP contribution in [0.5, 0.6) is 0 Å². The Morgan fingerprint density at radius 2 is 1.76 bits per heavy atom. The van der Waals surface area contributed by atoms with Gasteiger partial charge in [0.05, 0.1) is 0 Å². The second kappa shape index (κ2) is 4.63. The number of allylic oxidation sites excluding steroid dienone is 4. The Morgan fingerprint density at radius 3 is 2.24 bits per heavy atom. The zero-order chi connectivity index (χ0) is 12.5. The molecule has 2 aliphatic rings. The molecule has 0 aromatic carbocycles. The van der Waals surface area contributed by atoms with Crippen molar-refractivity contribution in [3.63, 3.8) is 0 Å². The molecule has 17 heavy (non-hydrogen) atoms. The Hall–Kier alpha value is -0.520. The average Bonchev–Trinajstić information content (AvgIpc) is 2.29. The van der Waals surface area contributed by atoms with Gasteiger partial charge in [0.2, 0.25) is 0 Å². The topological polar surface area (TPSA) is 0 Å². The van der Waals surface area contributed by atoms with Crippen LogP contribution in [0.15, 0.2) is 23.8 Å². The van der Waals surface area contributed by atoms with Crippen molar-refractivity contribution in [1.82, 2.24) is 0 Å². The molecular weight excluding hydrogens is 204 g/mol. The molecule has 0 aliphatic heterocycles. The van der Waals surface area contributed by atoms with Crippen LogP contribution in [0.3, 0.4) is 0 Å². The summed E-state index contributed by atoms with van der Waals surface area (Å²) in [6.45, 7) is 9.40. The first-order valence-corrected chi connectivity index (χ1v) is 7.32. The smallest absolute Gasteiger partial charge is 0.00804 e. The molecule has 0 spiro atoms. The van der Waals surface area contributed by atoms with Crippen molar-refractivity contribution < 1.29 is 0 Å². The van der Waals surface area contributed by atoms with Crippen molar-refractivity contribution in [3.8, 4) is 0 Å². The van der Waals surface area contributed by atoms with Gasteiger partial charge in [-0.25, -0.2) is 0 Å². The molecule has 1 saturated carbocycles. The van der Waals surface area contributed by atoms with Gasteiger partial charge in [-0.05, 0) is 41.6 Å². The molecule has 96 valence electrons. The Morgan fingerprint density at radius 1 is 1.12 bits per heavy atom. The molecule has 0 heterocycles. The molecule has 0 saturated heterocycles. The van der Waals surface area contributed by atoms with Gasteiger partial charge in [-0.3, -0.25) is 0 Å². The lowest BCUT2D eigenvalue weighted by Gasteiger charge is -2.40. The average molecular weight is 232 g/mol. The van der Waals surface area contributed by atoms with Crippen LogP contribution in [0.4, 0.5) is 0 Å². The van der Waals surface area contributed by atoms with Gasteiger partial charge in [0.15, 0.2) is 0 Å². The fourth-order valence-corrected chi connectivity index (χ4v) is 3.37. The predicted molar refractivity (Wildman–Crippen MR) is 76.0 cm³/mol. The Bertz CT molecular complexity index is 320. The normalized spacial score (nSPS) is 31.4. The van der Waals surface area contributed by atoms with E-state index in [0.717, 1.165) is 5.92 Å². The van der Waals surface area contributed by atoms with E-state index in [4.69, 9.17) is 0 Å². The maximum absolute atomic E-state index is 2.52. The molecule has 0 aromatic heterocycles. The summed E-state index contributed by atoms with van der Waals surface area (Å²) in [5, 5.41) is 0. The second-order valence-electron chi connectivity index (χ2n) is 7.29. The van der Waals surface area contributed by atoms with Crippen LogP contribution in [0.25, 0.3) is 0 Å². The zero-order valence-corrected chi connectivity index (χ0v) is 12.1. The van der Waals surface area contributed by atoms with E-state index in [9.17, 15) is 0 Å². The van der Waals surface area contributed by atoms with Gasteiger partial charge in [-0.2, -0.15) is 0 Å². The SMILES string of the molecule is CC(C)(C)C1=CCC(C)(C2CCCCC2)C=C1. The summed E-state index contributed by atoms with van der Waals surface area (Å²) in [7, 11) is 0. The van der Waals surface area contributed by atoms with Crippen LogP contribution in [0.1, 0.15) is 66.2 Å². The van der Waals surface area contributed by atoms with E-state index < -0.39 is 0 Å². The molecule has 1 fully saturated rings. The minimum absolute atomic E-state index is 0.310. The molecule has 2 aliphatic carbocycles. The van der Waals surface area contributed by atoms with Crippen molar-refractivity contribution in [1.29, 1.82) is 0 Å². The number of hydrogen-bond acceptors (Lipinski definition) is 0. The van der Waals surface area contributed by atoms with Crippen molar-refractivity contribution in [3.05, 3.63) is 23.8 Å². The largest absolute Gasteiger partial charge is 0.0799 e. The van der Waals surface area contributed by atoms with E-state index in [1.54, 1.807) is 0 Å². The predicted octanol–water partition coefficient (Wildman–Crippen LogP) is 5.51. The molecule has 0 nitrogen and oxygen atoms in total. The molecule has 0 amide bonds. The van der Waals surface area contributed by atoms with Crippen molar-refractivity contribution in [2.24, 2.45) is 16.7 Å². The molecule has 0 bridgehead atoms. The third kappa shape index (κ3) is 2.84. The summed E-state index contributed by atoms with van der Waals surface area (Å²) in [6, 6.07) is 0. The quantitative estimate of drug-likeness (QED) is 0.559. The maximum atomic E-state index is 2.52. The van der Waals surface area contributed by atoms with Crippen LogP contribution < -0.4 is 0 Å². The summed E-state index contributed by atoms with van der Waals surface area (Å²) in [5.41, 5.74) is 2.27. The molecule has 1 unspecified atom stereocenters.